The van der Waals surface area contributed by atoms with Crippen LogP contribution in [0, 0.1) is 5.95 Å². The Morgan fingerprint density at radius 1 is 1.30 bits per heavy atom. The molecule has 0 unspecified atom stereocenters. The van der Waals surface area contributed by atoms with Crippen molar-refractivity contribution in [2.75, 3.05) is 32.7 Å². The summed E-state index contributed by atoms with van der Waals surface area (Å²) in [6, 6.07) is 2.93. The summed E-state index contributed by atoms with van der Waals surface area (Å²) in [4.78, 5) is 29.7. The maximum absolute atomic E-state index is 13.5. The van der Waals surface area contributed by atoms with E-state index < -0.39 is 17.8 Å². The van der Waals surface area contributed by atoms with E-state index in [0.29, 0.717) is 32.6 Å². The zero-order valence-corrected chi connectivity index (χ0v) is 11.0. The number of rotatable bonds is 3. The molecule has 1 aliphatic heterocycles. The largest absolute Gasteiger partial charge is 0.480 e. The van der Waals surface area contributed by atoms with E-state index in [1.54, 1.807) is 9.80 Å². The number of hydrogen-bond donors (Lipinski definition) is 1. The van der Waals surface area contributed by atoms with E-state index in [4.69, 9.17) is 5.11 Å². The first-order valence-corrected chi connectivity index (χ1v) is 6.42. The van der Waals surface area contributed by atoms with Gasteiger partial charge in [-0.3, -0.25) is 14.5 Å². The molecule has 2 heterocycles. The number of amides is 1. The second kappa shape index (κ2) is 6.42. The van der Waals surface area contributed by atoms with Gasteiger partial charge in [-0.1, -0.05) is 0 Å². The summed E-state index contributed by atoms with van der Waals surface area (Å²) in [5.41, 5.74) is -0.0424. The molecule has 0 atom stereocenters. The molecule has 1 aromatic heterocycles. The van der Waals surface area contributed by atoms with Crippen molar-refractivity contribution in [3.05, 3.63) is 29.8 Å². The number of carboxylic acid groups (broad SMARTS) is 1. The summed E-state index contributed by atoms with van der Waals surface area (Å²) in [6.45, 7) is 1.93. The van der Waals surface area contributed by atoms with Crippen molar-refractivity contribution in [2.24, 2.45) is 0 Å². The number of carbonyl (C=O) groups is 2. The molecule has 0 spiro atoms. The Morgan fingerprint density at radius 2 is 2.10 bits per heavy atom. The van der Waals surface area contributed by atoms with Crippen molar-refractivity contribution >= 4 is 11.9 Å². The summed E-state index contributed by atoms with van der Waals surface area (Å²) in [5, 5.41) is 8.77. The molecule has 0 saturated carbocycles. The van der Waals surface area contributed by atoms with Gasteiger partial charge in [0.25, 0.3) is 5.91 Å². The Bertz CT molecular complexity index is 509. The topological polar surface area (TPSA) is 73.7 Å². The average molecular weight is 281 g/mol. The minimum absolute atomic E-state index is 0.0384. The minimum Gasteiger partial charge on any atom is -0.480 e. The molecule has 0 radical (unpaired) electrons. The monoisotopic (exact) mass is 281 g/mol. The molecule has 1 fully saturated rings. The van der Waals surface area contributed by atoms with Gasteiger partial charge in [0, 0.05) is 32.4 Å². The number of pyridine rings is 1. The molecule has 7 heteroatoms. The SMILES string of the molecule is O=C(O)CN1CCCN(C(=O)c2cccnc2F)CC1. The van der Waals surface area contributed by atoms with Gasteiger partial charge in [0.15, 0.2) is 0 Å². The third-order valence-electron chi connectivity index (χ3n) is 3.22. The van der Waals surface area contributed by atoms with Crippen LogP contribution in [0.1, 0.15) is 16.8 Å². The highest BCUT2D eigenvalue weighted by atomic mass is 19.1. The molecule has 1 N–H and O–H groups in total. The fourth-order valence-electron chi connectivity index (χ4n) is 2.24. The van der Waals surface area contributed by atoms with Crippen molar-refractivity contribution in [3.8, 4) is 0 Å². The lowest BCUT2D eigenvalue weighted by atomic mass is 10.2. The highest BCUT2D eigenvalue weighted by molar-refractivity contribution is 5.94. The van der Waals surface area contributed by atoms with Gasteiger partial charge in [-0.2, -0.15) is 4.39 Å². The van der Waals surface area contributed by atoms with Crippen LogP contribution in [-0.2, 0) is 4.79 Å². The van der Waals surface area contributed by atoms with Gasteiger partial charge >= 0.3 is 5.97 Å². The predicted octanol–water partition coefficient (Wildman–Crippen LogP) is 0.453. The Balaban J connectivity index is 2.02. The van der Waals surface area contributed by atoms with Crippen LogP contribution in [0.5, 0.6) is 0 Å². The summed E-state index contributed by atoms with van der Waals surface area (Å²) in [7, 11) is 0. The van der Waals surface area contributed by atoms with Gasteiger partial charge in [-0.15, -0.1) is 0 Å². The van der Waals surface area contributed by atoms with E-state index in [1.165, 1.54) is 18.3 Å². The fourth-order valence-corrected chi connectivity index (χ4v) is 2.24. The summed E-state index contributed by atoms with van der Waals surface area (Å²) in [5.74, 6) is -2.06. The van der Waals surface area contributed by atoms with Crippen LogP contribution in [0.4, 0.5) is 4.39 Å². The molecule has 1 aliphatic rings. The quantitative estimate of drug-likeness (QED) is 0.814. The lowest BCUT2D eigenvalue weighted by molar-refractivity contribution is -0.138. The third kappa shape index (κ3) is 3.51. The van der Waals surface area contributed by atoms with Crippen LogP contribution in [0.25, 0.3) is 0 Å². The first-order chi connectivity index (χ1) is 9.58. The highest BCUT2D eigenvalue weighted by Crippen LogP contribution is 2.11. The van der Waals surface area contributed by atoms with E-state index in [0.717, 1.165) is 0 Å². The average Bonchev–Trinajstić information content (AvgIpc) is 2.63. The van der Waals surface area contributed by atoms with Gasteiger partial charge in [-0.05, 0) is 18.6 Å². The minimum atomic E-state index is -0.886. The van der Waals surface area contributed by atoms with Gasteiger partial charge in [-0.25, -0.2) is 4.98 Å². The maximum Gasteiger partial charge on any atom is 0.317 e. The lowest BCUT2D eigenvalue weighted by Crippen LogP contribution is -2.37. The van der Waals surface area contributed by atoms with Crippen molar-refractivity contribution in [3.63, 3.8) is 0 Å². The van der Waals surface area contributed by atoms with Crippen LogP contribution < -0.4 is 0 Å². The molecule has 20 heavy (non-hydrogen) atoms. The predicted molar refractivity (Wildman–Crippen MR) is 68.8 cm³/mol. The molecular weight excluding hydrogens is 265 g/mol. The van der Waals surface area contributed by atoms with Gasteiger partial charge < -0.3 is 10.0 Å². The Labute approximate surface area is 115 Å². The normalized spacial score (nSPS) is 16.8. The number of halogens is 1. The van der Waals surface area contributed by atoms with E-state index >= 15 is 0 Å². The highest BCUT2D eigenvalue weighted by Gasteiger charge is 2.23. The van der Waals surface area contributed by atoms with Crippen molar-refractivity contribution in [2.45, 2.75) is 6.42 Å². The molecule has 0 bridgehead atoms. The number of nitrogens with zero attached hydrogens (tertiary/aromatic N) is 3. The van der Waals surface area contributed by atoms with Crippen LogP contribution in [0.3, 0.4) is 0 Å². The van der Waals surface area contributed by atoms with Crippen LogP contribution in [0.2, 0.25) is 0 Å². The van der Waals surface area contributed by atoms with Crippen molar-refractivity contribution in [1.82, 2.24) is 14.8 Å². The zero-order valence-electron chi connectivity index (χ0n) is 11.0. The molecular formula is C13H16FN3O3. The Morgan fingerprint density at radius 3 is 2.80 bits per heavy atom. The Kier molecular flexibility index (Phi) is 4.62. The number of carboxylic acids is 1. The van der Waals surface area contributed by atoms with E-state index in [9.17, 15) is 14.0 Å². The van der Waals surface area contributed by atoms with E-state index in [2.05, 4.69) is 4.98 Å². The molecule has 6 nitrogen and oxygen atoms in total. The maximum atomic E-state index is 13.5. The number of hydrogen-bond acceptors (Lipinski definition) is 4. The molecule has 0 aliphatic carbocycles. The number of aliphatic carboxylic acids is 1. The molecule has 2 rings (SSSR count). The molecule has 1 amide bonds. The zero-order chi connectivity index (χ0) is 14.5. The van der Waals surface area contributed by atoms with Crippen LogP contribution >= 0.6 is 0 Å². The molecule has 1 saturated heterocycles. The summed E-state index contributed by atoms with van der Waals surface area (Å²) >= 11 is 0. The summed E-state index contributed by atoms with van der Waals surface area (Å²) in [6.07, 6.45) is 1.96. The molecule has 1 aromatic rings. The molecule has 108 valence electrons. The van der Waals surface area contributed by atoms with E-state index in [-0.39, 0.29) is 12.1 Å². The first kappa shape index (κ1) is 14.4. The second-order valence-electron chi connectivity index (χ2n) is 4.66. The Hall–Kier alpha value is -2.02. The number of aromatic nitrogens is 1. The smallest absolute Gasteiger partial charge is 0.317 e. The van der Waals surface area contributed by atoms with Crippen molar-refractivity contribution in [1.29, 1.82) is 0 Å². The van der Waals surface area contributed by atoms with Gasteiger partial charge in [0.1, 0.15) is 0 Å². The van der Waals surface area contributed by atoms with Gasteiger partial charge in [0.2, 0.25) is 5.95 Å². The summed E-state index contributed by atoms with van der Waals surface area (Å²) < 4.78 is 13.5. The first-order valence-electron chi connectivity index (χ1n) is 6.42. The fraction of sp³-hybridized carbons (Fsp3) is 0.462. The third-order valence-corrected chi connectivity index (χ3v) is 3.22. The van der Waals surface area contributed by atoms with Crippen molar-refractivity contribution < 1.29 is 19.1 Å². The number of carbonyl (C=O) groups excluding carboxylic acids is 1. The second-order valence-corrected chi connectivity index (χ2v) is 4.66. The standard InChI is InChI=1S/C13H16FN3O3/c14-12-10(3-1-4-15-12)13(20)17-6-2-5-16(7-8-17)9-11(18)19/h1,3-4H,2,5-9H2,(H,18,19). The van der Waals surface area contributed by atoms with Gasteiger partial charge in [0.05, 0.1) is 12.1 Å². The van der Waals surface area contributed by atoms with E-state index in [1.807, 2.05) is 0 Å². The lowest BCUT2D eigenvalue weighted by Gasteiger charge is -2.21. The van der Waals surface area contributed by atoms with Crippen LogP contribution in [0.15, 0.2) is 18.3 Å². The van der Waals surface area contributed by atoms with Crippen LogP contribution in [-0.4, -0.2) is 64.5 Å². The molecule has 0 aromatic carbocycles.